The second kappa shape index (κ2) is 62.2. The predicted molar refractivity (Wildman–Crippen MR) is 355 cm³/mol. The zero-order valence-electron chi connectivity index (χ0n) is 54.0. The van der Waals surface area contributed by atoms with E-state index in [2.05, 4.69) is 92.1 Å². The molecule has 0 aromatic rings. The van der Waals surface area contributed by atoms with Crippen LogP contribution in [0.2, 0.25) is 0 Å². The van der Waals surface area contributed by atoms with E-state index in [-0.39, 0.29) is 19.1 Å². The molecule has 0 aliphatic heterocycles. The number of amides is 1. The highest BCUT2D eigenvalue weighted by atomic mass is 31.2. The van der Waals surface area contributed by atoms with E-state index in [4.69, 9.17) is 9.05 Å². The average molecular weight is 1150 g/mol. The first-order valence-electron chi connectivity index (χ1n) is 34.5. The Hall–Kier alpha value is -2.32. The molecule has 0 aliphatic rings. The third kappa shape index (κ3) is 65.1. The number of carbonyl (C=O) groups excluding carboxylic acids is 1. The lowest BCUT2D eigenvalue weighted by Crippen LogP contribution is -2.45. The standard InChI is InChI=1S/C72H133N2O6P/c1-6-8-10-12-14-16-18-20-22-24-26-28-30-32-34-36-37-38-40-42-44-46-48-50-52-54-56-58-60-62-64-66-72(76)73-70(69-80-81(77,78)79-68-67-74(3,4)5)71(75)65-63-61-59-57-55-53-51-49-47-45-43-41-39-35-33-31-29-27-25-23-21-19-17-15-13-11-9-7-2/h8,10,14,16,20,22,26,28,47,49,55,57,63,65,70-71,75H,6-7,9,11-13,15,17-19,21,23-25,27,29-46,48,50-54,56,58-62,64,66-69H2,1-5H3,(H-,73,76,77,78)/p+1/b10-8-,16-14-,22-20-,28-26-,49-47+,57-55+,65-63+. The summed E-state index contributed by atoms with van der Waals surface area (Å²) in [5.41, 5.74) is 0. The Labute approximate surface area is 503 Å². The van der Waals surface area contributed by atoms with Gasteiger partial charge in [-0.15, -0.1) is 0 Å². The summed E-state index contributed by atoms with van der Waals surface area (Å²) in [5, 5.41) is 14.0. The molecule has 0 heterocycles. The summed E-state index contributed by atoms with van der Waals surface area (Å²) in [7, 11) is 1.55. The number of likely N-dealkylation sites (N-methyl/N-ethyl adjacent to an activating group) is 1. The van der Waals surface area contributed by atoms with Crippen molar-refractivity contribution in [3.8, 4) is 0 Å². The Morgan fingerprint density at radius 2 is 0.753 bits per heavy atom. The van der Waals surface area contributed by atoms with Crippen molar-refractivity contribution in [1.82, 2.24) is 5.32 Å². The van der Waals surface area contributed by atoms with Crippen molar-refractivity contribution in [2.24, 2.45) is 0 Å². The van der Waals surface area contributed by atoms with Gasteiger partial charge < -0.3 is 19.8 Å². The van der Waals surface area contributed by atoms with Gasteiger partial charge in [-0.2, -0.15) is 0 Å². The number of nitrogens with one attached hydrogen (secondary N) is 1. The van der Waals surface area contributed by atoms with Crippen LogP contribution in [0.4, 0.5) is 0 Å². The molecule has 0 saturated heterocycles. The fraction of sp³-hybridized carbons (Fsp3) is 0.792. The number of nitrogens with zero attached hydrogens (tertiary/aromatic N) is 1. The molecule has 0 radical (unpaired) electrons. The molecular formula is C72H134N2O6P+. The van der Waals surface area contributed by atoms with Crippen LogP contribution in [0.1, 0.15) is 316 Å². The van der Waals surface area contributed by atoms with Crippen molar-refractivity contribution in [2.75, 3.05) is 40.9 Å². The van der Waals surface area contributed by atoms with Gasteiger partial charge in [0.1, 0.15) is 13.2 Å². The molecule has 81 heavy (non-hydrogen) atoms. The molecular weight excluding hydrogens is 1020 g/mol. The van der Waals surface area contributed by atoms with Crippen molar-refractivity contribution in [1.29, 1.82) is 0 Å². The maximum atomic E-state index is 13.0. The van der Waals surface area contributed by atoms with Crippen molar-refractivity contribution in [3.63, 3.8) is 0 Å². The second-order valence-corrected chi connectivity index (χ2v) is 26.0. The van der Waals surface area contributed by atoms with Crippen LogP contribution in [-0.4, -0.2) is 73.4 Å². The number of rotatable bonds is 63. The summed E-state index contributed by atoms with van der Waals surface area (Å²) >= 11 is 0. The highest BCUT2D eigenvalue weighted by molar-refractivity contribution is 7.47. The summed E-state index contributed by atoms with van der Waals surface area (Å²) in [6.45, 7) is 4.71. The molecule has 3 atom stereocenters. The number of unbranched alkanes of at least 4 members (excludes halogenated alkanes) is 38. The summed E-state index contributed by atoms with van der Waals surface area (Å²) in [4.78, 5) is 23.4. The van der Waals surface area contributed by atoms with Crippen molar-refractivity contribution >= 4 is 13.7 Å². The number of aliphatic hydroxyl groups excluding tert-OH is 1. The number of hydrogen-bond acceptors (Lipinski definition) is 5. The van der Waals surface area contributed by atoms with E-state index >= 15 is 0 Å². The van der Waals surface area contributed by atoms with E-state index in [0.29, 0.717) is 17.4 Å². The van der Waals surface area contributed by atoms with E-state index < -0.39 is 20.0 Å². The number of phosphoric acid groups is 1. The Morgan fingerprint density at radius 1 is 0.432 bits per heavy atom. The maximum absolute atomic E-state index is 13.0. The molecule has 9 heteroatoms. The molecule has 3 unspecified atom stereocenters. The van der Waals surface area contributed by atoms with E-state index in [9.17, 15) is 19.4 Å². The topological polar surface area (TPSA) is 105 Å². The van der Waals surface area contributed by atoms with Gasteiger partial charge in [-0.1, -0.05) is 311 Å². The van der Waals surface area contributed by atoms with Gasteiger partial charge in [-0.25, -0.2) is 4.57 Å². The molecule has 8 nitrogen and oxygen atoms in total. The minimum absolute atomic E-state index is 0.0519. The zero-order chi connectivity index (χ0) is 59.1. The molecule has 0 rings (SSSR count). The first kappa shape index (κ1) is 78.7. The van der Waals surface area contributed by atoms with Crippen LogP contribution in [0.5, 0.6) is 0 Å². The first-order chi connectivity index (χ1) is 39.5. The number of hydrogen-bond donors (Lipinski definition) is 3. The molecule has 0 aromatic carbocycles. The number of allylic oxidation sites excluding steroid dienone is 13. The highest BCUT2D eigenvalue weighted by Gasteiger charge is 2.28. The summed E-state index contributed by atoms with van der Waals surface area (Å²) in [6.07, 6.45) is 88.8. The molecule has 0 bridgehead atoms. The van der Waals surface area contributed by atoms with Crippen LogP contribution < -0.4 is 5.32 Å². The van der Waals surface area contributed by atoms with Crippen molar-refractivity contribution in [3.05, 3.63) is 85.1 Å². The molecule has 0 saturated carbocycles. The normalized spacial score (nSPS) is 14.2. The largest absolute Gasteiger partial charge is 0.472 e. The molecule has 0 fully saturated rings. The van der Waals surface area contributed by atoms with E-state index in [1.807, 2.05) is 27.2 Å². The van der Waals surface area contributed by atoms with E-state index in [0.717, 1.165) is 70.6 Å². The van der Waals surface area contributed by atoms with Gasteiger partial charge in [0.2, 0.25) is 5.91 Å². The summed E-state index contributed by atoms with van der Waals surface area (Å²) < 4.78 is 23.8. The molecule has 3 N–H and O–H groups in total. The van der Waals surface area contributed by atoms with Crippen molar-refractivity contribution in [2.45, 2.75) is 328 Å². The fourth-order valence-corrected chi connectivity index (χ4v) is 10.7. The SMILES string of the molecule is CC/C=C\C/C=C\C/C=C\C/C=C\CCCCCCCCCCCCCCCCCCCCC(=O)NC(COP(=O)(O)OCC[N+](C)(C)C)C(O)/C=C/CC/C=C/CC/C=C/CCCCCCCCCCCCCCCCCCCC. The van der Waals surface area contributed by atoms with Gasteiger partial charge in [-0.3, -0.25) is 13.8 Å². The second-order valence-electron chi connectivity index (χ2n) is 24.5. The third-order valence-electron chi connectivity index (χ3n) is 15.3. The maximum Gasteiger partial charge on any atom is 0.472 e. The number of carbonyl (C=O) groups is 1. The fourth-order valence-electron chi connectivity index (χ4n) is 10.0. The van der Waals surface area contributed by atoms with Gasteiger partial charge in [-0.05, 0) is 83.5 Å². The van der Waals surface area contributed by atoms with Crippen LogP contribution in [0, 0.1) is 0 Å². The van der Waals surface area contributed by atoms with Crippen LogP contribution in [0.3, 0.4) is 0 Å². The predicted octanol–water partition coefficient (Wildman–Crippen LogP) is 21.9. The van der Waals surface area contributed by atoms with Gasteiger partial charge in [0.05, 0.1) is 39.9 Å². The molecule has 0 aliphatic carbocycles. The monoisotopic (exact) mass is 1150 g/mol. The van der Waals surface area contributed by atoms with Crippen LogP contribution in [-0.2, 0) is 18.4 Å². The van der Waals surface area contributed by atoms with Gasteiger partial charge in [0.25, 0.3) is 0 Å². The quantitative estimate of drug-likeness (QED) is 0.0243. The van der Waals surface area contributed by atoms with E-state index in [1.165, 1.54) is 225 Å². The number of aliphatic hydroxyl groups is 1. The minimum atomic E-state index is -4.37. The molecule has 472 valence electrons. The number of quaternary nitrogens is 1. The van der Waals surface area contributed by atoms with Gasteiger partial charge >= 0.3 is 7.82 Å². The highest BCUT2D eigenvalue weighted by Crippen LogP contribution is 2.43. The Kier molecular flexibility index (Phi) is 60.4. The lowest BCUT2D eigenvalue weighted by molar-refractivity contribution is -0.870. The Morgan fingerprint density at radius 3 is 1.14 bits per heavy atom. The zero-order valence-corrected chi connectivity index (χ0v) is 54.9. The molecule has 0 aromatic heterocycles. The number of phosphoric ester groups is 1. The first-order valence-corrected chi connectivity index (χ1v) is 36.0. The molecule has 1 amide bonds. The van der Waals surface area contributed by atoms with Gasteiger partial charge in [0, 0.05) is 6.42 Å². The summed E-state index contributed by atoms with van der Waals surface area (Å²) in [5.74, 6) is -0.189. The van der Waals surface area contributed by atoms with Crippen molar-refractivity contribution < 1.29 is 32.9 Å². The van der Waals surface area contributed by atoms with Gasteiger partial charge in [0.15, 0.2) is 0 Å². The Balaban J connectivity index is 4.13. The lowest BCUT2D eigenvalue weighted by atomic mass is 10.0. The average Bonchev–Trinajstić information content (AvgIpc) is 3.43. The smallest absolute Gasteiger partial charge is 0.387 e. The van der Waals surface area contributed by atoms with Crippen LogP contribution in [0.15, 0.2) is 85.1 Å². The summed E-state index contributed by atoms with van der Waals surface area (Å²) in [6, 6.07) is -0.874. The minimum Gasteiger partial charge on any atom is -0.387 e. The van der Waals surface area contributed by atoms with Crippen LogP contribution >= 0.6 is 7.82 Å². The van der Waals surface area contributed by atoms with E-state index in [1.54, 1.807) is 6.08 Å². The lowest BCUT2D eigenvalue weighted by Gasteiger charge is -2.25. The molecule has 0 spiro atoms. The third-order valence-corrected chi connectivity index (χ3v) is 16.3. The van der Waals surface area contributed by atoms with Crippen LogP contribution in [0.25, 0.3) is 0 Å². The Bertz CT molecular complexity index is 1600.